The van der Waals surface area contributed by atoms with Crippen molar-refractivity contribution in [2.75, 3.05) is 46.7 Å². The Hall–Kier alpha value is -0.690. The molecule has 1 unspecified atom stereocenters. The Balaban J connectivity index is 3.30. The Bertz CT molecular complexity index is 201. The highest BCUT2D eigenvalue weighted by Crippen LogP contribution is 1.94. The maximum absolute atomic E-state index is 10.8. The molecule has 2 N–H and O–H groups in total. The molecule has 0 aromatic carbocycles. The molecule has 6 nitrogen and oxygen atoms in total. The van der Waals surface area contributed by atoms with Gasteiger partial charge in [-0.1, -0.05) is 6.92 Å². The van der Waals surface area contributed by atoms with Gasteiger partial charge < -0.3 is 24.6 Å². The molecule has 0 aliphatic rings. The summed E-state index contributed by atoms with van der Waals surface area (Å²) >= 11 is 0. The van der Waals surface area contributed by atoms with Gasteiger partial charge in [0.1, 0.15) is 6.04 Å². The van der Waals surface area contributed by atoms with Gasteiger partial charge in [-0.15, -0.1) is 0 Å². The van der Waals surface area contributed by atoms with Crippen LogP contribution in [-0.2, 0) is 19.0 Å². The van der Waals surface area contributed by atoms with Gasteiger partial charge in [0, 0.05) is 26.9 Å². The van der Waals surface area contributed by atoms with E-state index in [9.17, 15) is 4.79 Å². The van der Waals surface area contributed by atoms with Gasteiger partial charge in [0.15, 0.2) is 0 Å². The maximum Gasteiger partial charge on any atom is 0.320 e. The van der Waals surface area contributed by atoms with Crippen molar-refractivity contribution in [3.05, 3.63) is 0 Å². The van der Waals surface area contributed by atoms with E-state index in [1.807, 2.05) is 6.92 Å². The van der Waals surface area contributed by atoms with Gasteiger partial charge in [0.25, 0.3) is 0 Å². The quantitative estimate of drug-likeness (QED) is 0.471. The molecule has 0 aromatic heterocycles. The third-order valence-corrected chi connectivity index (χ3v) is 2.31. The van der Waals surface area contributed by atoms with Crippen LogP contribution in [0.5, 0.6) is 0 Å². The molecule has 0 rings (SSSR count). The van der Waals surface area contributed by atoms with Crippen molar-refractivity contribution in [2.45, 2.75) is 25.8 Å². The first kappa shape index (κ1) is 17.3. The normalized spacial score (nSPS) is 12.6. The summed E-state index contributed by atoms with van der Waals surface area (Å²) in [6, 6.07) is -0.520. The third kappa shape index (κ3) is 10.5. The molecule has 108 valence electrons. The number of carboxylic acid groups (broad SMARTS) is 1. The van der Waals surface area contributed by atoms with E-state index >= 15 is 0 Å². The van der Waals surface area contributed by atoms with Crippen molar-refractivity contribution in [3.63, 3.8) is 0 Å². The van der Waals surface area contributed by atoms with Crippen molar-refractivity contribution in [3.8, 4) is 0 Å². The lowest BCUT2D eigenvalue weighted by molar-refractivity contribution is -0.140. The molecule has 0 saturated carbocycles. The number of methoxy groups -OCH3 is 1. The van der Waals surface area contributed by atoms with E-state index in [0.717, 1.165) is 6.42 Å². The standard InChI is InChI=1S/C12H25NO5/c1-3-13-11(12(14)15)5-8-17-6-4-7-18-10-9-16-2/h11,13H,3-10H2,1-2H3,(H,14,15). The molecule has 0 radical (unpaired) electrons. The number of likely N-dealkylation sites (N-methyl/N-ethyl adjacent to an activating group) is 1. The minimum absolute atomic E-state index is 0.446. The number of hydrogen-bond acceptors (Lipinski definition) is 5. The summed E-state index contributed by atoms with van der Waals surface area (Å²) in [6.07, 6.45) is 1.29. The highest BCUT2D eigenvalue weighted by Gasteiger charge is 2.14. The number of ether oxygens (including phenoxy) is 3. The highest BCUT2D eigenvalue weighted by atomic mass is 16.5. The third-order valence-electron chi connectivity index (χ3n) is 2.31. The second kappa shape index (κ2) is 12.8. The fourth-order valence-corrected chi connectivity index (χ4v) is 1.37. The van der Waals surface area contributed by atoms with Crippen molar-refractivity contribution in [2.24, 2.45) is 0 Å². The number of hydrogen-bond donors (Lipinski definition) is 2. The fourth-order valence-electron chi connectivity index (χ4n) is 1.37. The Kier molecular flexibility index (Phi) is 12.3. The zero-order valence-electron chi connectivity index (χ0n) is 11.3. The average molecular weight is 263 g/mol. The first-order chi connectivity index (χ1) is 8.72. The monoisotopic (exact) mass is 263 g/mol. The Morgan fingerprint density at radius 3 is 2.39 bits per heavy atom. The number of rotatable bonds is 13. The van der Waals surface area contributed by atoms with Gasteiger partial charge >= 0.3 is 5.97 Å². The van der Waals surface area contributed by atoms with Crippen LogP contribution in [0.15, 0.2) is 0 Å². The number of carbonyl (C=O) groups is 1. The van der Waals surface area contributed by atoms with E-state index in [4.69, 9.17) is 19.3 Å². The summed E-state index contributed by atoms with van der Waals surface area (Å²) in [6.45, 7) is 5.40. The average Bonchev–Trinajstić information content (AvgIpc) is 2.35. The number of nitrogens with one attached hydrogen (secondary N) is 1. The van der Waals surface area contributed by atoms with E-state index < -0.39 is 12.0 Å². The summed E-state index contributed by atoms with van der Waals surface area (Å²) in [7, 11) is 1.63. The van der Waals surface area contributed by atoms with Crippen LogP contribution in [0.4, 0.5) is 0 Å². The molecule has 1 atom stereocenters. The first-order valence-corrected chi connectivity index (χ1v) is 6.33. The van der Waals surface area contributed by atoms with Gasteiger partial charge in [-0.2, -0.15) is 0 Å². The van der Waals surface area contributed by atoms with E-state index in [-0.39, 0.29) is 0 Å². The minimum Gasteiger partial charge on any atom is -0.480 e. The summed E-state index contributed by atoms with van der Waals surface area (Å²) < 4.78 is 15.5. The van der Waals surface area contributed by atoms with Crippen LogP contribution in [0.2, 0.25) is 0 Å². The smallest absolute Gasteiger partial charge is 0.320 e. The molecule has 0 aliphatic carbocycles. The van der Waals surface area contributed by atoms with E-state index in [2.05, 4.69) is 5.32 Å². The van der Waals surface area contributed by atoms with Gasteiger partial charge in [-0.05, 0) is 19.4 Å². The molecule has 18 heavy (non-hydrogen) atoms. The molecular weight excluding hydrogens is 238 g/mol. The van der Waals surface area contributed by atoms with Crippen LogP contribution in [0.25, 0.3) is 0 Å². The summed E-state index contributed by atoms with van der Waals surface area (Å²) in [4.78, 5) is 10.8. The lowest BCUT2D eigenvalue weighted by Crippen LogP contribution is -2.37. The van der Waals surface area contributed by atoms with E-state index in [1.54, 1.807) is 7.11 Å². The molecule has 0 saturated heterocycles. The first-order valence-electron chi connectivity index (χ1n) is 6.33. The topological polar surface area (TPSA) is 77.0 Å². The minimum atomic E-state index is -0.830. The molecule has 0 aliphatic heterocycles. The predicted molar refractivity (Wildman–Crippen MR) is 67.8 cm³/mol. The second-order valence-corrected chi connectivity index (χ2v) is 3.81. The molecule has 0 amide bonds. The molecular formula is C12H25NO5. The van der Waals surface area contributed by atoms with Gasteiger partial charge in [-0.3, -0.25) is 4.79 Å². The van der Waals surface area contributed by atoms with E-state index in [1.165, 1.54) is 0 Å². The van der Waals surface area contributed by atoms with Crippen LogP contribution >= 0.6 is 0 Å². The van der Waals surface area contributed by atoms with Crippen LogP contribution in [0, 0.1) is 0 Å². The van der Waals surface area contributed by atoms with Crippen LogP contribution < -0.4 is 5.32 Å². The molecule has 0 fully saturated rings. The fraction of sp³-hybridized carbons (Fsp3) is 0.917. The number of aliphatic carboxylic acids is 1. The van der Waals surface area contributed by atoms with Gasteiger partial charge in [0.05, 0.1) is 13.2 Å². The molecule has 0 spiro atoms. The Morgan fingerprint density at radius 2 is 1.83 bits per heavy atom. The SMILES string of the molecule is CCNC(CCOCCCOCCOC)C(=O)O. The summed E-state index contributed by atoms with van der Waals surface area (Å²) in [5.41, 5.74) is 0. The Morgan fingerprint density at radius 1 is 1.17 bits per heavy atom. The lowest BCUT2D eigenvalue weighted by atomic mass is 10.2. The molecule has 0 aromatic rings. The van der Waals surface area contributed by atoms with Crippen LogP contribution in [0.3, 0.4) is 0 Å². The predicted octanol–water partition coefficient (Wildman–Crippen LogP) is 0.509. The highest BCUT2D eigenvalue weighted by molar-refractivity contribution is 5.73. The molecule has 0 heterocycles. The Labute approximate surface area is 109 Å². The maximum atomic E-state index is 10.8. The van der Waals surface area contributed by atoms with Gasteiger partial charge in [-0.25, -0.2) is 0 Å². The number of carboxylic acids is 1. The van der Waals surface area contributed by atoms with Crippen molar-refractivity contribution in [1.82, 2.24) is 5.32 Å². The van der Waals surface area contributed by atoms with Crippen molar-refractivity contribution >= 4 is 5.97 Å². The van der Waals surface area contributed by atoms with Crippen LogP contribution in [-0.4, -0.2) is 63.8 Å². The van der Waals surface area contributed by atoms with Gasteiger partial charge in [0.2, 0.25) is 0 Å². The van der Waals surface area contributed by atoms with Crippen molar-refractivity contribution in [1.29, 1.82) is 0 Å². The second-order valence-electron chi connectivity index (χ2n) is 3.81. The lowest BCUT2D eigenvalue weighted by Gasteiger charge is -2.12. The largest absolute Gasteiger partial charge is 0.480 e. The molecule has 0 bridgehead atoms. The summed E-state index contributed by atoms with van der Waals surface area (Å²) in [5.74, 6) is -0.830. The van der Waals surface area contributed by atoms with Crippen LogP contribution in [0.1, 0.15) is 19.8 Å². The zero-order chi connectivity index (χ0) is 13.6. The van der Waals surface area contributed by atoms with Crippen molar-refractivity contribution < 1.29 is 24.1 Å². The molecule has 6 heteroatoms. The summed E-state index contributed by atoms with van der Waals surface area (Å²) in [5, 5.41) is 11.8. The van der Waals surface area contributed by atoms with E-state index in [0.29, 0.717) is 46.0 Å². The zero-order valence-corrected chi connectivity index (χ0v) is 11.3.